The molecule has 1 saturated heterocycles. The van der Waals surface area contributed by atoms with Crippen molar-refractivity contribution < 1.29 is 17.9 Å². The minimum atomic E-state index is -3.62. The van der Waals surface area contributed by atoms with Gasteiger partial charge in [0.15, 0.2) is 0 Å². The van der Waals surface area contributed by atoms with Crippen molar-refractivity contribution in [3.8, 4) is 0 Å². The van der Waals surface area contributed by atoms with Crippen molar-refractivity contribution in [3.05, 3.63) is 35.9 Å². The van der Waals surface area contributed by atoms with E-state index in [1.165, 1.54) is 8.61 Å². The molecule has 1 amide bonds. The van der Waals surface area contributed by atoms with Gasteiger partial charge in [0, 0.05) is 32.7 Å². The van der Waals surface area contributed by atoms with Gasteiger partial charge >= 0.3 is 6.09 Å². The number of carbonyl (C=O) groups is 1. The predicted octanol–water partition coefficient (Wildman–Crippen LogP) is 2.87. The second kappa shape index (κ2) is 8.58. The van der Waals surface area contributed by atoms with Crippen LogP contribution in [0.15, 0.2) is 30.3 Å². The molecule has 1 aromatic carbocycles. The Balaban J connectivity index is 2.33. The van der Waals surface area contributed by atoms with E-state index in [1.807, 2.05) is 65.0 Å². The third-order valence-corrected chi connectivity index (χ3v) is 6.69. The Bertz CT molecular complexity index is 727. The van der Waals surface area contributed by atoms with Crippen LogP contribution in [0.5, 0.6) is 0 Å². The Labute approximate surface area is 163 Å². The molecule has 27 heavy (non-hydrogen) atoms. The highest BCUT2D eigenvalue weighted by atomic mass is 32.2. The molecule has 7 nitrogen and oxygen atoms in total. The summed E-state index contributed by atoms with van der Waals surface area (Å²) in [6.07, 6.45) is -0.414. The first-order chi connectivity index (χ1) is 12.6. The lowest BCUT2D eigenvalue weighted by Crippen LogP contribution is -2.56. The molecule has 1 fully saturated rings. The third-order valence-electron chi connectivity index (χ3n) is 4.50. The van der Waals surface area contributed by atoms with E-state index in [0.717, 1.165) is 5.56 Å². The molecule has 0 aliphatic carbocycles. The van der Waals surface area contributed by atoms with Crippen molar-refractivity contribution in [2.75, 3.05) is 32.7 Å². The van der Waals surface area contributed by atoms with Crippen LogP contribution in [0.25, 0.3) is 0 Å². The van der Waals surface area contributed by atoms with E-state index >= 15 is 0 Å². The molecule has 1 aliphatic rings. The Morgan fingerprint density at radius 3 is 2.26 bits per heavy atom. The Kier molecular flexibility index (Phi) is 6.88. The molecule has 1 atom stereocenters. The summed E-state index contributed by atoms with van der Waals surface area (Å²) in [4.78, 5) is 14.1. The number of nitrogens with zero attached hydrogens (tertiary/aromatic N) is 3. The van der Waals surface area contributed by atoms with Crippen LogP contribution in [0.4, 0.5) is 4.79 Å². The van der Waals surface area contributed by atoms with Gasteiger partial charge in [0.1, 0.15) is 5.60 Å². The number of hydrogen-bond donors (Lipinski definition) is 0. The van der Waals surface area contributed by atoms with Gasteiger partial charge in [0.05, 0.1) is 6.04 Å². The van der Waals surface area contributed by atoms with Crippen LogP contribution in [0.3, 0.4) is 0 Å². The van der Waals surface area contributed by atoms with Gasteiger partial charge in [-0.15, -0.1) is 0 Å². The molecule has 8 heteroatoms. The van der Waals surface area contributed by atoms with Crippen LogP contribution in [-0.2, 0) is 14.9 Å². The Morgan fingerprint density at radius 2 is 1.74 bits per heavy atom. The molecule has 0 spiro atoms. The van der Waals surface area contributed by atoms with Gasteiger partial charge in [-0.2, -0.15) is 17.0 Å². The molecule has 0 N–H and O–H groups in total. The molecule has 0 unspecified atom stereocenters. The van der Waals surface area contributed by atoms with Crippen LogP contribution in [0.1, 0.15) is 46.2 Å². The minimum Gasteiger partial charge on any atom is -0.444 e. The highest BCUT2D eigenvalue weighted by molar-refractivity contribution is 7.86. The zero-order chi connectivity index (χ0) is 20.2. The molecule has 152 valence electrons. The van der Waals surface area contributed by atoms with E-state index in [-0.39, 0.29) is 13.1 Å². The summed E-state index contributed by atoms with van der Waals surface area (Å²) in [5.74, 6) is 0. The maximum absolute atomic E-state index is 13.2. The molecular formula is C19H31N3O4S. The smallest absolute Gasteiger partial charge is 0.410 e. The van der Waals surface area contributed by atoms with Gasteiger partial charge in [0.25, 0.3) is 10.2 Å². The fourth-order valence-corrected chi connectivity index (χ4v) is 4.95. The maximum Gasteiger partial charge on any atom is 0.410 e. The third kappa shape index (κ3) is 5.21. The fraction of sp³-hybridized carbons (Fsp3) is 0.632. The second-order valence-electron chi connectivity index (χ2n) is 7.56. The van der Waals surface area contributed by atoms with Crippen molar-refractivity contribution in [3.63, 3.8) is 0 Å². The molecular weight excluding hydrogens is 366 g/mol. The van der Waals surface area contributed by atoms with Crippen molar-refractivity contribution in [1.82, 2.24) is 13.5 Å². The molecule has 2 rings (SSSR count). The summed E-state index contributed by atoms with van der Waals surface area (Å²) >= 11 is 0. The Morgan fingerprint density at radius 1 is 1.15 bits per heavy atom. The Hall–Kier alpha value is -1.64. The topological polar surface area (TPSA) is 70.2 Å². The number of ether oxygens (including phenoxy) is 1. The second-order valence-corrected chi connectivity index (χ2v) is 9.44. The molecule has 1 aliphatic heterocycles. The minimum absolute atomic E-state index is 0.234. The van der Waals surface area contributed by atoms with Crippen LogP contribution >= 0.6 is 0 Å². The first-order valence-corrected chi connectivity index (χ1v) is 10.8. The van der Waals surface area contributed by atoms with E-state index < -0.39 is 27.9 Å². The first kappa shape index (κ1) is 21.7. The van der Waals surface area contributed by atoms with Gasteiger partial charge in [-0.1, -0.05) is 44.2 Å². The normalized spacial score (nSPS) is 19.3. The van der Waals surface area contributed by atoms with Crippen molar-refractivity contribution in [2.45, 2.75) is 46.3 Å². The SMILES string of the molecule is CCN(CC)S(=O)(=O)N1CCN(C(=O)OC(C)(C)C)C[C@H]1c1ccccc1. The number of piperazine rings is 1. The summed E-state index contributed by atoms with van der Waals surface area (Å²) in [6, 6.07) is 9.00. The lowest BCUT2D eigenvalue weighted by Gasteiger charge is -2.42. The van der Waals surface area contributed by atoms with Crippen molar-refractivity contribution in [1.29, 1.82) is 0 Å². The number of rotatable bonds is 5. The summed E-state index contributed by atoms with van der Waals surface area (Å²) in [5, 5.41) is 0. The highest BCUT2D eigenvalue weighted by Gasteiger charge is 2.40. The van der Waals surface area contributed by atoms with Gasteiger partial charge in [0.2, 0.25) is 0 Å². The van der Waals surface area contributed by atoms with Gasteiger partial charge in [-0.3, -0.25) is 0 Å². The van der Waals surface area contributed by atoms with E-state index in [1.54, 1.807) is 4.90 Å². The van der Waals surface area contributed by atoms with E-state index in [9.17, 15) is 13.2 Å². The molecule has 0 bridgehead atoms. The quantitative estimate of drug-likeness (QED) is 0.766. The molecule has 0 aromatic heterocycles. The number of benzene rings is 1. The van der Waals surface area contributed by atoms with Crippen LogP contribution in [0.2, 0.25) is 0 Å². The predicted molar refractivity (Wildman–Crippen MR) is 106 cm³/mol. The van der Waals surface area contributed by atoms with E-state index in [2.05, 4.69) is 0 Å². The van der Waals surface area contributed by atoms with Crippen LogP contribution in [0, 0.1) is 0 Å². The zero-order valence-electron chi connectivity index (χ0n) is 16.9. The van der Waals surface area contributed by atoms with Crippen LogP contribution < -0.4 is 0 Å². The number of carbonyl (C=O) groups excluding carboxylic acids is 1. The van der Waals surface area contributed by atoms with Crippen LogP contribution in [-0.4, -0.2) is 66.3 Å². The summed E-state index contributed by atoms with van der Waals surface area (Å²) in [6.45, 7) is 10.7. The summed E-state index contributed by atoms with van der Waals surface area (Å²) in [7, 11) is -3.62. The van der Waals surface area contributed by atoms with Gasteiger partial charge in [-0.25, -0.2) is 4.79 Å². The van der Waals surface area contributed by atoms with E-state index in [0.29, 0.717) is 19.6 Å². The van der Waals surface area contributed by atoms with Gasteiger partial charge < -0.3 is 9.64 Å². The average molecular weight is 398 g/mol. The number of amides is 1. The summed E-state index contributed by atoms with van der Waals surface area (Å²) < 4.78 is 34.7. The molecule has 1 heterocycles. The number of hydrogen-bond acceptors (Lipinski definition) is 4. The van der Waals surface area contributed by atoms with E-state index in [4.69, 9.17) is 4.74 Å². The fourth-order valence-electron chi connectivity index (χ4n) is 3.18. The van der Waals surface area contributed by atoms with Crippen molar-refractivity contribution in [2.24, 2.45) is 0 Å². The monoisotopic (exact) mass is 397 g/mol. The highest BCUT2D eigenvalue weighted by Crippen LogP contribution is 2.30. The standard InChI is InChI=1S/C19H31N3O4S/c1-6-21(7-2)27(24,25)22-14-13-20(18(23)26-19(3,4)5)15-17(22)16-11-9-8-10-12-16/h8-12,17H,6-7,13-15H2,1-5H3/t17-/m0/s1. The summed E-state index contributed by atoms with van der Waals surface area (Å²) in [5.41, 5.74) is 0.269. The zero-order valence-corrected chi connectivity index (χ0v) is 17.7. The lowest BCUT2D eigenvalue weighted by atomic mass is 10.0. The molecule has 1 aromatic rings. The first-order valence-electron chi connectivity index (χ1n) is 9.40. The lowest BCUT2D eigenvalue weighted by molar-refractivity contribution is 0.0126. The molecule has 0 radical (unpaired) electrons. The molecule has 0 saturated carbocycles. The maximum atomic E-state index is 13.2. The van der Waals surface area contributed by atoms with Crippen molar-refractivity contribution >= 4 is 16.3 Å². The largest absolute Gasteiger partial charge is 0.444 e. The average Bonchev–Trinajstić information content (AvgIpc) is 2.61. The van der Waals surface area contributed by atoms with Gasteiger partial charge in [-0.05, 0) is 26.3 Å².